The Morgan fingerprint density at radius 3 is 2.05 bits per heavy atom. The van der Waals surface area contributed by atoms with Crippen LogP contribution in [-0.2, 0) is 4.74 Å². The third-order valence-electron chi connectivity index (χ3n) is 3.76. The summed E-state index contributed by atoms with van der Waals surface area (Å²) in [5.41, 5.74) is -0.356. The minimum Gasteiger partial charge on any atom is -0.465 e. The van der Waals surface area contributed by atoms with Crippen LogP contribution in [0.15, 0.2) is 0 Å². The Hall–Kier alpha value is -1.46. The number of rotatable bonds is 10. The van der Waals surface area contributed by atoms with Crippen molar-refractivity contribution in [2.45, 2.75) is 53.9 Å². The second-order valence-electron chi connectivity index (χ2n) is 5.99. The van der Waals surface area contributed by atoms with Crippen LogP contribution in [0.1, 0.15) is 53.9 Å². The van der Waals surface area contributed by atoms with Crippen LogP contribution in [0.2, 0.25) is 0 Å². The third-order valence-corrected chi connectivity index (χ3v) is 3.76. The third kappa shape index (κ3) is 7.00. The normalized spacial score (nSPS) is 13.3. The molecule has 0 aromatic carbocycles. The van der Waals surface area contributed by atoms with E-state index >= 15 is 0 Å². The molecule has 0 saturated carbocycles. The molecular formula is C16H32N2O4. The van der Waals surface area contributed by atoms with E-state index in [1.54, 1.807) is 4.90 Å². The molecule has 0 saturated heterocycles. The van der Waals surface area contributed by atoms with E-state index < -0.39 is 6.09 Å². The van der Waals surface area contributed by atoms with Crippen molar-refractivity contribution >= 4 is 12.2 Å². The Morgan fingerprint density at radius 2 is 1.64 bits per heavy atom. The molecule has 6 nitrogen and oxygen atoms in total. The molecule has 0 fully saturated rings. The standard InChI is InChI=1S/C16H32N2O4/c1-6-10-16(5,12-18(11-7-2)14(19)20)13-22-15(21)17(8-3)9-4/h6-13H2,1-5H3,(H,19,20). The van der Waals surface area contributed by atoms with Gasteiger partial charge in [-0.2, -0.15) is 0 Å². The first-order valence-electron chi connectivity index (χ1n) is 8.23. The van der Waals surface area contributed by atoms with Gasteiger partial charge in [0.2, 0.25) is 0 Å². The highest BCUT2D eigenvalue weighted by Crippen LogP contribution is 2.26. The summed E-state index contributed by atoms with van der Waals surface area (Å²) in [5, 5.41) is 9.29. The lowest BCUT2D eigenvalue weighted by Crippen LogP contribution is -2.43. The SMILES string of the molecule is CCCN(CC(C)(CCC)COC(=O)N(CC)CC)C(=O)O. The fourth-order valence-corrected chi connectivity index (χ4v) is 2.58. The highest BCUT2D eigenvalue weighted by molar-refractivity contribution is 5.67. The lowest BCUT2D eigenvalue weighted by Gasteiger charge is -2.34. The van der Waals surface area contributed by atoms with E-state index in [1.165, 1.54) is 4.90 Å². The van der Waals surface area contributed by atoms with Crippen LogP contribution in [0, 0.1) is 5.41 Å². The van der Waals surface area contributed by atoms with Crippen LogP contribution >= 0.6 is 0 Å². The monoisotopic (exact) mass is 316 g/mol. The number of carboxylic acid groups (broad SMARTS) is 1. The molecule has 0 rings (SSSR count). The van der Waals surface area contributed by atoms with Gasteiger partial charge in [-0.05, 0) is 26.7 Å². The molecule has 6 heteroatoms. The first-order chi connectivity index (χ1) is 10.3. The van der Waals surface area contributed by atoms with Gasteiger partial charge in [0.1, 0.15) is 6.61 Å². The number of hydrogen-bond acceptors (Lipinski definition) is 3. The van der Waals surface area contributed by atoms with Crippen molar-refractivity contribution in [2.24, 2.45) is 5.41 Å². The van der Waals surface area contributed by atoms with E-state index in [0.29, 0.717) is 26.2 Å². The molecule has 22 heavy (non-hydrogen) atoms. The Balaban J connectivity index is 4.79. The molecule has 130 valence electrons. The van der Waals surface area contributed by atoms with Gasteiger partial charge in [0.25, 0.3) is 0 Å². The maximum atomic E-state index is 12.0. The van der Waals surface area contributed by atoms with E-state index in [9.17, 15) is 14.7 Å². The predicted octanol–water partition coefficient (Wildman–Crippen LogP) is 3.66. The smallest absolute Gasteiger partial charge is 0.409 e. The summed E-state index contributed by atoms with van der Waals surface area (Å²) in [7, 11) is 0. The minimum absolute atomic E-state index is 0.240. The van der Waals surface area contributed by atoms with Gasteiger partial charge in [-0.1, -0.05) is 27.2 Å². The second-order valence-corrected chi connectivity index (χ2v) is 5.99. The summed E-state index contributed by atoms with van der Waals surface area (Å²) in [4.78, 5) is 26.3. The number of nitrogens with zero attached hydrogens (tertiary/aromatic N) is 2. The maximum absolute atomic E-state index is 12.0. The van der Waals surface area contributed by atoms with E-state index in [0.717, 1.165) is 19.3 Å². The Bertz CT molecular complexity index is 345. The van der Waals surface area contributed by atoms with Crippen LogP contribution in [0.5, 0.6) is 0 Å². The molecular weight excluding hydrogens is 284 g/mol. The molecule has 0 heterocycles. The van der Waals surface area contributed by atoms with Crippen molar-refractivity contribution in [3.8, 4) is 0 Å². The number of ether oxygens (including phenoxy) is 1. The zero-order valence-corrected chi connectivity index (χ0v) is 14.7. The molecule has 0 aliphatic heterocycles. The number of amides is 2. The van der Waals surface area contributed by atoms with Crippen LogP contribution in [-0.4, -0.2) is 59.9 Å². The van der Waals surface area contributed by atoms with Crippen LogP contribution in [0.25, 0.3) is 0 Å². The first kappa shape index (κ1) is 20.5. The van der Waals surface area contributed by atoms with E-state index in [4.69, 9.17) is 4.74 Å². The van der Waals surface area contributed by atoms with Gasteiger partial charge in [-0.25, -0.2) is 9.59 Å². The summed E-state index contributed by atoms with van der Waals surface area (Å²) in [6.45, 7) is 12.1. The first-order valence-corrected chi connectivity index (χ1v) is 8.23. The largest absolute Gasteiger partial charge is 0.465 e. The Morgan fingerprint density at radius 1 is 1.05 bits per heavy atom. The van der Waals surface area contributed by atoms with Gasteiger partial charge in [-0.15, -0.1) is 0 Å². The highest BCUT2D eigenvalue weighted by atomic mass is 16.6. The number of carbonyl (C=O) groups is 2. The topological polar surface area (TPSA) is 70.1 Å². The van der Waals surface area contributed by atoms with Gasteiger partial charge >= 0.3 is 12.2 Å². The predicted molar refractivity (Wildman–Crippen MR) is 87.2 cm³/mol. The number of carbonyl (C=O) groups excluding carboxylic acids is 1. The van der Waals surface area contributed by atoms with Crippen molar-refractivity contribution < 1.29 is 19.4 Å². The summed E-state index contributed by atoms with van der Waals surface area (Å²) < 4.78 is 5.43. The van der Waals surface area contributed by atoms with Gasteiger partial charge in [-0.3, -0.25) is 0 Å². The lowest BCUT2D eigenvalue weighted by molar-refractivity contribution is 0.0399. The van der Waals surface area contributed by atoms with Gasteiger partial charge < -0.3 is 19.6 Å². The molecule has 0 spiro atoms. The van der Waals surface area contributed by atoms with Gasteiger partial charge in [0.05, 0.1) is 0 Å². The summed E-state index contributed by atoms with van der Waals surface area (Å²) in [6.07, 6.45) is 1.25. The zero-order chi connectivity index (χ0) is 17.2. The zero-order valence-electron chi connectivity index (χ0n) is 14.7. The molecule has 2 amide bonds. The highest BCUT2D eigenvalue weighted by Gasteiger charge is 2.30. The van der Waals surface area contributed by atoms with Gasteiger partial charge in [0.15, 0.2) is 0 Å². The molecule has 0 aromatic heterocycles. The maximum Gasteiger partial charge on any atom is 0.409 e. The summed E-state index contributed by atoms with van der Waals surface area (Å²) >= 11 is 0. The molecule has 1 N–H and O–H groups in total. The molecule has 1 unspecified atom stereocenters. The summed E-state index contributed by atoms with van der Waals surface area (Å²) in [6, 6.07) is 0. The fourth-order valence-electron chi connectivity index (χ4n) is 2.58. The fraction of sp³-hybridized carbons (Fsp3) is 0.875. The average Bonchev–Trinajstić information content (AvgIpc) is 2.46. The van der Waals surface area contributed by atoms with E-state index in [1.807, 2.05) is 27.7 Å². The molecule has 0 aliphatic carbocycles. The van der Waals surface area contributed by atoms with Crippen molar-refractivity contribution in [2.75, 3.05) is 32.8 Å². The molecule has 1 atom stereocenters. The molecule has 0 bridgehead atoms. The summed E-state index contributed by atoms with van der Waals surface area (Å²) in [5.74, 6) is 0. The van der Waals surface area contributed by atoms with E-state index in [-0.39, 0.29) is 18.1 Å². The Kier molecular flexibility index (Phi) is 9.61. The van der Waals surface area contributed by atoms with Crippen molar-refractivity contribution in [3.05, 3.63) is 0 Å². The lowest BCUT2D eigenvalue weighted by atomic mass is 9.86. The Labute approximate surface area is 134 Å². The second kappa shape index (κ2) is 10.3. The average molecular weight is 316 g/mol. The van der Waals surface area contributed by atoms with E-state index in [2.05, 4.69) is 6.92 Å². The minimum atomic E-state index is -0.917. The van der Waals surface area contributed by atoms with Crippen molar-refractivity contribution in [1.29, 1.82) is 0 Å². The van der Waals surface area contributed by atoms with Crippen LogP contribution in [0.3, 0.4) is 0 Å². The molecule has 0 aromatic rings. The van der Waals surface area contributed by atoms with Crippen molar-refractivity contribution in [1.82, 2.24) is 9.80 Å². The van der Waals surface area contributed by atoms with Crippen LogP contribution < -0.4 is 0 Å². The molecule has 0 aliphatic rings. The van der Waals surface area contributed by atoms with Gasteiger partial charge in [0, 0.05) is 31.6 Å². The number of hydrogen-bond donors (Lipinski definition) is 1. The quantitative estimate of drug-likeness (QED) is 0.667. The molecule has 0 radical (unpaired) electrons. The van der Waals surface area contributed by atoms with Crippen molar-refractivity contribution in [3.63, 3.8) is 0 Å². The van der Waals surface area contributed by atoms with Crippen LogP contribution in [0.4, 0.5) is 9.59 Å².